The predicted molar refractivity (Wildman–Crippen MR) is 60.9 cm³/mol. The van der Waals surface area contributed by atoms with E-state index in [0.717, 1.165) is 0 Å². The van der Waals surface area contributed by atoms with Crippen molar-refractivity contribution < 1.29 is 19.0 Å². The zero-order valence-electron chi connectivity index (χ0n) is 9.36. The first kappa shape index (κ1) is 11.9. The molecule has 0 unspecified atom stereocenters. The highest BCUT2D eigenvalue weighted by Crippen LogP contribution is 2.28. The first-order valence-electron chi connectivity index (χ1n) is 5.50. The van der Waals surface area contributed by atoms with Crippen molar-refractivity contribution in [1.82, 2.24) is 0 Å². The van der Waals surface area contributed by atoms with Crippen LogP contribution in [-0.2, 0) is 16.0 Å². The number of phenolic OH excluding ortho intramolecular Hbond substituents is 1. The fourth-order valence-electron chi connectivity index (χ4n) is 1.89. The lowest BCUT2D eigenvalue weighted by molar-refractivity contribution is -0.107. The van der Waals surface area contributed by atoms with Crippen LogP contribution in [0.5, 0.6) is 5.75 Å². The molecule has 92 valence electrons. The summed E-state index contributed by atoms with van der Waals surface area (Å²) in [6.07, 6.45) is 0.662. The molecule has 0 radical (unpaired) electrons. The van der Waals surface area contributed by atoms with E-state index in [2.05, 4.69) is 0 Å². The summed E-state index contributed by atoms with van der Waals surface area (Å²) < 4.78 is 19.0. The van der Waals surface area contributed by atoms with E-state index in [4.69, 9.17) is 4.74 Å². The monoisotopic (exact) mass is 239 g/mol. The molecule has 0 aromatic heterocycles. The number of rotatable bonds is 3. The van der Waals surface area contributed by atoms with E-state index in [1.165, 1.54) is 12.1 Å². The molecule has 0 saturated carbocycles. The van der Waals surface area contributed by atoms with Gasteiger partial charge in [0.1, 0.15) is 17.9 Å². The fraction of sp³-hybridized carbons (Fsp3) is 0.417. The Morgan fingerprint density at radius 1 is 1.41 bits per heavy atom. The third-order valence-corrected chi connectivity index (χ3v) is 2.80. The number of carbonyl (C=O) groups excluding carboxylic acids is 1. The van der Waals surface area contributed by atoms with Crippen molar-refractivity contribution in [3.05, 3.63) is 23.5 Å². The van der Waals surface area contributed by atoms with Gasteiger partial charge in [0.15, 0.2) is 0 Å². The van der Waals surface area contributed by atoms with Crippen LogP contribution in [0.1, 0.15) is 5.56 Å². The molecule has 1 N–H and O–H groups in total. The van der Waals surface area contributed by atoms with Crippen molar-refractivity contribution in [2.24, 2.45) is 0 Å². The summed E-state index contributed by atoms with van der Waals surface area (Å²) in [4.78, 5) is 12.2. The summed E-state index contributed by atoms with van der Waals surface area (Å²) in [5.74, 6) is -0.457. The van der Waals surface area contributed by atoms with Gasteiger partial charge in [-0.05, 0) is 6.07 Å². The average Bonchev–Trinajstić information content (AvgIpc) is 2.35. The maximum atomic E-state index is 13.8. The molecule has 5 heteroatoms. The molecular weight excluding hydrogens is 225 g/mol. The SMILES string of the molecule is O=CCc1cc(F)c(N2CCOCC2)cc1O. The van der Waals surface area contributed by atoms with Crippen LogP contribution >= 0.6 is 0 Å². The van der Waals surface area contributed by atoms with Crippen LogP contribution in [0, 0.1) is 5.82 Å². The first-order valence-corrected chi connectivity index (χ1v) is 5.50. The highest BCUT2D eigenvalue weighted by Gasteiger charge is 2.17. The number of benzene rings is 1. The minimum absolute atomic E-state index is 0.0200. The minimum atomic E-state index is -0.415. The van der Waals surface area contributed by atoms with Crippen LogP contribution in [0.3, 0.4) is 0 Å². The zero-order chi connectivity index (χ0) is 12.3. The summed E-state index contributed by atoms with van der Waals surface area (Å²) >= 11 is 0. The second-order valence-electron chi connectivity index (χ2n) is 3.90. The van der Waals surface area contributed by atoms with Crippen LogP contribution in [0.2, 0.25) is 0 Å². The average molecular weight is 239 g/mol. The molecular formula is C12H14FNO3. The van der Waals surface area contributed by atoms with Gasteiger partial charge in [0.25, 0.3) is 0 Å². The van der Waals surface area contributed by atoms with Gasteiger partial charge in [-0.25, -0.2) is 4.39 Å². The minimum Gasteiger partial charge on any atom is -0.508 e. The van der Waals surface area contributed by atoms with Crippen molar-refractivity contribution in [1.29, 1.82) is 0 Å². The Kier molecular flexibility index (Phi) is 3.58. The Hall–Kier alpha value is -1.62. The quantitative estimate of drug-likeness (QED) is 0.803. The van der Waals surface area contributed by atoms with E-state index >= 15 is 0 Å². The summed E-state index contributed by atoms with van der Waals surface area (Å²) in [5, 5.41) is 9.69. The number of ether oxygens (including phenoxy) is 1. The Morgan fingerprint density at radius 2 is 2.12 bits per heavy atom. The maximum absolute atomic E-state index is 13.8. The van der Waals surface area contributed by atoms with Gasteiger partial charge in [0.05, 0.1) is 18.9 Å². The van der Waals surface area contributed by atoms with Gasteiger partial charge in [-0.2, -0.15) is 0 Å². The Morgan fingerprint density at radius 3 is 2.76 bits per heavy atom. The molecule has 4 nitrogen and oxygen atoms in total. The van der Waals surface area contributed by atoms with Gasteiger partial charge < -0.3 is 19.5 Å². The van der Waals surface area contributed by atoms with Crippen LogP contribution in [0.4, 0.5) is 10.1 Å². The second kappa shape index (κ2) is 5.14. The Balaban J connectivity index is 2.28. The molecule has 1 aromatic carbocycles. The third kappa shape index (κ3) is 2.55. The summed E-state index contributed by atoms with van der Waals surface area (Å²) in [6.45, 7) is 2.30. The number of hydrogen-bond acceptors (Lipinski definition) is 4. The highest BCUT2D eigenvalue weighted by molar-refractivity contribution is 5.61. The maximum Gasteiger partial charge on any atom is 0.147 e. The number of carbonyl (C=O) groups is 1. The van der Waals surface area contributed by atoms with Gasteiger partial charge in [-0.3, -0.25) is 0 Å². The largest absolute Gasteiger partial charge is 0.508 e. The number of morpholine rings is 1. The molecule has 1 saturated heterocycles. The second-order valence-corrected chi connectivity index (χ2v) is 3.90. The van der Waals surface area contributed by atoms with E-state index in [1.54, 1.807) is 0 Å². The summed E-state index contributed by atoms with van der Waals surface area (Å²) in [6, 6.07) is 2.59. The molecule has 0 spiro atoms. The fourth-order valence-corrected chi connectivity index (χ4v) is 1.89. The van der Waals surface area contributed by atoms with Crippen molar-refractivity contribution in [3.8, 4) is 5.75 Å². The highest BCUT2D eigenvalue weighted by atomic mass is 19.1. The van der Waals surface area contributed by atoms with E-state index in [-0.39, 0.29) is 12.2 Å². The van der Waals surface area contributed by atoms with Gasteiger partial charge in [0.2, 0.25) is 0 Å². The van der Waals surface area contributed by atoms with Crippen LogP contribution in [-0.4, -0.2) is 37.7 Å². The lowest BCUT2D eigenvalue weighted by Crippen LogP contribution is -2.36. The molecule has 0 aliphatic carbocycles. The summed E-state index contributed by atoms with van der Waals surface area (Å²) in [5.41, 5.74) is 0.676. The van der Waals surface area contributed by atoms with Crippen LogP contribution < -0.4 is 4.90 Å². The molecule has 1 aliphatic heterocycles. The first-order chi connectivity index (χ1) is 8.22. The standard InChI is InChI=1S/C12H14FNO3/c13-10-7-9(1-4-15)12(16)8-11(10)14-2-5-17-6-3-14/h4,7-8,16H,1-3,5-6H2. The molecule has 0 amide bonds. The van der Waals surface area contributed by atoms with Gasteiger partial charge >= 0.3 is 0 Å². The van der Waals surface area contributed by atoms with Crippen molar-refractivity contribution in [3.63, 3.8) is 0 Å². The van der Waals surface area contributed by atoms with Gasteiger partial charge in [0, 0.05) is 31.1 Å². The van der Waals surface area contributed by atoms with E-state index < -0.39 is 5.82 Å². The van der Waals surface area contributed by atoms with Crippen molar-refractivity contribution in [2.75, 3.05) is 31.2 Å². The number of hydrogen-bond donors (Lipinski definition) is 1. The molecule has 0 atom stereocenters. The molecule has 1 heterocycles. The normalized spacial score (nSPS) is 15.9. The number of halogens is 1. The van der Waals surface area contributed by atoms with Gasteiger partial charge in [-0.15, -0.1) is 0 Å². The summed E-state index contributed by atoms with van der Waals surface area (Å²) in [7, 11) is 0. The van der Waals surface area contributed by atoms with Crippen molar-refractivity contribution in [2.45, 2.75) is 6.42 Å². The Bertz CT molecular complexity index is 416. The number of phenols is 1. The molecule has 1 aromatic rings. The molecule has 17 heavy (non-hydrogen) atoms. The zero-order valence-corrected chi connectivity index (χ0v) is 9.36. The van der Waals surface area contributed by atoms with E-state index in [1.807, 2.05) is 4.90 Å². The van der Waals surface area contributed by atoms with Crippen molar-refractivity contribution >= 4 is 12.0 Å². The topological polar surface area (TPSA) is 49.8 Å². The van der Waals surface area contributed by atoms with Crippen LogP contribution in [0.25, 0.3) is 0 Å². The lowest BCUT2D eigenvalue weighted by atomic mass is 10.1. The number of aromatic hydroxyl groups is 1. The predicted octanol–water partition coefficient (Wildman–Crippen LogP) is 1.11. The third-order valence-electron chi connectivity index (χ3n) is 2.80. The smallest absolute Gasteiger partial charge is 0.147 e. The molecule has 2 rings (SSSR count). The molecule has 1 aliphatic rings. The Labute approximate surface area is 98.6 Å². The molecule has 0 bridgehead atoms. The van der Waals surface area contributed by atoms with E-state index in [0.29, 0.717) is 43.8 Å². The molecule has 1 fully saturated rings. The van der Waals surface area contributed by atoms with Crippen LogP contribution in [0.15, 0.2) is 12.1 Å². The van der Waals surface area contributed by atoms with E-state index in [9.17, 15) is 14.3 Å². The van der Waals surface area contributed by atoms with Gasteiger partial charge in [-0.1, -0.05) is 0 Å². The lowest BCUT2D eigenvalue weighted by Gasteiger charge is -2.29. The number of anilines is 1. The number of nitrogens with zero attached hydrogens (tertiary/aromatic N) is 1. The number of aldehydes is 1.